The zero-order chi connectivity index (χ0) is 11.3. The van der Waals surface area contributed by atoms with E-state index in [1.807, 2.05) is 31.5 Å². The monoisotopic (exact) mass is 228 g/mol. The second kappa shape index (κ2) is 5.80. The standard InChI is InChI=1S/C10H16N2O2S/c1-4-12-6-5-11-10(12)15-7-9(13)14-8(2)3/h5-6,8H,4,7H2,1-3H3. The fraction of sp³-hybridized carbons (Fsp3) is 0.600. The first-order chi connectivity index (χ1) is 7.13. The Morgan fingerprint density at radius 3 is 3.00 bits per heavy atom. The number of nitrogens with zero attached hydrogens (tertiary/aromatic N) is 2. The largest absolute Gasteiger partial charge is 0.462 e. The molecule has 84 valence electrons. The summed E-state index contributed by atoms with van der Waals surface area (Å²) in [5.41, 5.74) is 0. The van der Waals surface area contributed by atoms with Crippen LogP contribution in [0, 0.1) is 0 Å². The molecule has 0 N–H and O–H groups in total. The molecule has 0 aliphatic rings. The smallest absolute Gasteiger partial charge is 0.316 e. The minimum Gasteiger partial charge on any atom is -0.462 e. The lowest BCUT2D eigenvalue weighted by Crippen LogP contribution is -2.13. The first-order valence-electron chi connectivity index (χ1n) is 4.97. The Kier molecular flexibility index (Phi) is 4.68. The van der Waals surface area contributed by atoms with Gasteiger partial charge in [0.2, 0.25) is 0 Å². The summed E-state index contributed by atoms with van der Waals surface area (Å²) < 4.78 is 7.02. The van der Waals surface area contributed by atoms with E-state index in [-0.39, 0.29) is 12.1 Å². The number of hydrogen-bond donors (Lipinski definition) is 0. The highest BCUT2D eigenvalue weighted by molar-refractivity contribution is 7.99. The Balaban J connectivity index is 2.40. The highest BCUT2D eigenvalue weighted by Gasteiger charge is 2.08. The van der Waals surface area contributed by atoms with Crippen LogP contribution in [0.1, 0.15) is 20.8 Å². The molecule has 1 aromatic heterocycles. The molecule has 0 aromatic carbocycles. The van der Waals surface area contributed by atoms with Crippen LogP contribution in [0.25, 0.3) is 0 Å². The van der Waals surface area contributed by atoms with Crippen molar-refractivity contribution in [2.24, 2.45) is 0 Å². The first kappa shape index (κ1) is 12.1. The van der Waals surface area contributed by atoms with Gasteiger partial charge in [-0.05, 0) is 20.8 Å². The summed E-state index contributed by atoms with van der Waals surface area (Å²) in [5.74, 6) is 0.121. The van der Waals surface area contributed by atoms with Crippen LogP contribution in [0.3, 0.4) is 0 Å². The predicted octanol–water partition coefficient (Wildman–Crippen LogP) is 1.95. The van der Waals surface area contributed by atoms with Gasteiger partial charge < -0.3 is 9.30 Å². The Bertz CT molecular complexity index is 323. The zero-order valence-electron chi connectivity index (χ0n) is 9.27. The van der Waals surface area contributed by atoms with Crippen LogP contribution in [0.2, 0.25) is 0 Å². The Morgan fingerprint density at radius 2 is 2.40 bits per heavy atom. The third-order valence-electron chi connectivity index (χ3n) is 1.70. The fourth-order valence-electron chi connectivity index (χ4n) is 1.10. The van der Waals surface area contributed by atoms with E-state index in [0.717, 1.165) is 11.7 Å². The molecule has 1 aromatic rings. The van der Waals surface area contributed by atoms with E-state index < -0.39 is 0 Å². The SMILES string of the molecule is CCn1ccnc1SCC(=O)OC(C)C. The van der Waals surface area contributed by atoms with E-state index in [1.54, 1.807) is 6.20 Å². The van der Waals surface area contributed by atoms with Gasteiger partial charge in [-0.25, -0.2) is 4.98 Å². The maximum Gasteiger partial charge on any atom is 0.316 e. The van der Waals surface area contributed by atoms with E-state index in [1.165, 1.54) is 11.8 Å². The summed E-state index contributed by atoms with van der Waals surface area (Å²) in [6.07, 6.45) is 3.58. The Morgan fingerprint density at radius 1 is 1.67 bits per heavy atom. The summed E-state index contributed by atoms with van der Waals surface area (Å²) >= 11 is 1.41. The molecule has 0 radical (unpaired) electrons. The molecule has 4 nitrogen and oxygen atoms in total. The maximum absolute atomic E-state index is 11.3. The second-order valence-electron chi connectivity index (χ2n) is 3.32. The van der Waals surface area contributed by atoms with E-state index >= 15 is 0 Å². The molecule has 0 saturated carbocycles. The molecule has 0 aliphatic heterocycles. The van der Waals surface area contributed by atoms with E-state index in [4.69, 9.17) is 4.74 Å². The summed E-state index contributed by atoms with van der Waals surface area (Å²) in [4.78, 5) is 15.4. The average molecular weight is 228 g/mol. The number of esters is 1. The van der Waals surface area contributed by atoms with Crippen LogP contribution in [0.15, 0.2) is 17.6 Å². The summed E-state index contributed by atoms with van der Waals surface area (Å²) in [7, 11) is 0. The van der Waals surface area contributed by atoms with Gasteiger partial charge in [-0.2, -0.15) is 0 Å². The summed E-state index contributed by atoms with van der Waals surface area (Å²) in [6.45, 7) is 6.59. The molecule has 15 heavy (non-hydrogen) atoms. The topological polar surface area (TPSA) is 44.1 Å². The van der Waals surface area contributed by atoms with Crippen molar-refractivity contribution in [3.63, 3.8) is 0 Å². The number of hydrogen-bond acceptors (Lipinski definition) is 4. The Hall–Kier alpha value is -0.970. The number of aryl methyl sites for hydroxylation is 1. The lowest BCUT2D eigenvalue weighted by molar-refractivity contribution is -0.144. The van der Waals surface area contributed by atoms with E-state index in [9.17, 15) is 4.79 Å². The highest BCUT2D eigenvalue weighted by Crippen LogP contribution is 2.15. The molecule has 0 atom stereocenters. The van der Waals surface area contributed by atoms with E-state index in [2.05, 4.69) is 4.98 Å². The molecule has 0 bridgehead atoms. The number of aromatic nitrogens is 2. The van der Waals surface area contributed by atoms with E-state index in [0.29, 0.717) is 5.75 Å². The maximum atomic E-state index is 11.3. The number of carbonyl (C=O) groups excluding carboxylic acids is 1. The second-order valence-corrected chi connectivity index (χ2v) is 4.27. The van der Waals surface area contributed by atoms with Crippen LogP contribution in [0.5, 0.6) is 0 Å². The van der Waals surface area contributed by atoms with Crippen molar-refractivity contribution in [2.75, 3.05) is 5.75 Å². The van der Waals surface area contributed by atoms with Crippen LogP contribution in [0.4, 0.5) is 0 Å². The first-order valence-corrected chi connectivity index (χ1v) is 5.95. The molecule has 0 saturated heterocycles. The molecular weight excluding hydrogens is 212 g/mol. The molecule has 0 amide bonds. The molecule has 0 fully saturated rings. The van der Waals surface area contributed by atoms with Crippen molar-refractivity contribution in [1.82, 2.24) is 9.55 Å². The van der Waals surface area contributed by atoms with Crippen LogP contribution in [-0.2, 0) is 16.1 Å². The predicted molar refractivity (Wildman–Crippen MR) is 59.9 cm³/mol. The average Bonchev–Trinajstić information content (AvgIpc) is 2.60. The number of carbonyl (C=O) groups is 1. The van der Waals surface area contributed by atoms with Crippen LogP contribution in [-0.4, -0.2) is 27.4 Å². The molecule has 1 heterocycles. The normalized spacial score (nSPS) is 10.7. The molecule has 0 aliphatic carbocycles. The van der Waals surface area contributed by atoms with Crippen LogP contribution < -0.4 is 0 Å². The van der Waals surface area contributed by atoms with Crippen molar-refractivity contribution in [3.8, 4) is 0 Å². The molecule has 0 spiro atoms. The van der Waals surface area contributed by atoms with Crippen molar-refractivity contribution in [1.29, 1.82) is 0 Å². The zero-order valence-corrected chi connectivity index (χ0v) is 10.1. The van der Waals surface area contributed by atoms with Gasteiger partial charge in [0.25, 0.3) is 0 Å². The minimum atomic E-state index is -0.194. The lowest BCUT2D eigenvalue weighted by atomic mass is 10.5. The van der Waals surface area contributed by atoms with Crippen molar-refractivity contribution in [3.05, 3.63) is 12.4 Å². The quantitative estimate of drug-likeness (QED) is 0.570. The highest BCUT2D eigenvalue weighted by atomic mass is 32.2. The summed E-state index contributed by atoms with van der Waals surface area (Å²) in [5, 5.41) is 0.859. The van der Waals surface area contributed by atoms with Gasteiger partial charge in [-0.1, -0.05) is 11.8 Å². The van der Waals surface area contributed by atoms with Gasteiger partial charge in [0.1, 0.15) is 0 Å². The fourth-order valence-corrected chi connectivity index (χ4v) is 1.90. The van der Waals surface area contributed by atoms with Gasteiger partial charge in [0, 0.05) is 18.9 Å². The van der Waals surface area contributed by atoms with Crippen molar-refractivity contribution < 1.29 is 9.53 Å². The lowest BCUT2D eigenvalue weighted by Gasteiger charge is -2.07. The third-order valence-corrected chi connectivity index (χ3v) is 2.68. The summed E-state index contributed by atoms with van der Waals surface area (Å²) in [6, 6.07) is 0. The number of imidazole rings is 1. The van der Waals surface area contributed by atoms with Gasteiger partial charge in [-0.15, -0.1) is 0 Å². The molecular formula is C10H16N2O2S. The van der Waals surface area contributed by atoms with Crippen molar-refractivity contribution in [2.45, 2.75) is 38.6 Å². The molecule has 0 unspecified atom stereocenters. The molecule has 5 heteroatoms. The van der Waals surface area contributed by atoms with Crippen LogP contribution >= 0.6 is 11.8 Å². The number of rotatable bonds is 5. The van der Waals surface area contributed by atoms with Gasteiger partial charge >= 0.3 is 5.97 Å². The minimum absolute atomic E-state index is 0.0518. The third kappa shape index (κ3) is 3.95. The van der Waals surface area contributed by atoms with Crippen molar-refractivity contribution >= 4 is 17.7 Å². The van der Waals surface area contributed by atoms with Gasteiger partial charge in [-0.3, -0.25) is 4.79 Å². The van der Waals surface area contributed by atoms with Gasteiger partial charge in [0.15, 0.2) is 5.16 Å². The number of ether oxygens (including phenoxy) is 1. The Labute approximate surface area is 94.0 Å². The number of thioether (sulfide) groups is 1. The van der Waals surface area contributed by atoms with Gasteiger partial charge in [0.05, 0.1) is 11.9 Å². The molecule has 1 rings (SSSR count).